The Bertz CT molecular complexity index is 377. The summed E-state index contributed by atoms with van der Waals surface area (Å²) in [7, 11) is 1.83. The Balaban J connectivity index is 2.30. The predicted molar refractivity (Wildman–Crippen MR) is 55.9 cm³/mol. The minimum atomic E-state index is -0.761. The van der Waals surface area contributed by atoms with E-state index in [1.807, 2.05) is 18.0 Å². The molecule has 2 rings (SSSR count). The van der Waals surface area contributed by atoms with Crippen LogP contribution in [-0.2, 0) is 17.8 Å². The third-order valence-corrected chi connectivity index (χ3v) is 3.81. The molecule has 14 heavy (non-hydrogen) atoms. The Morgan fingerprint density at radius 3 is 3.14 bits per heavy atom. The highest BCUT2D eigenvalue weighted by Gasteiger charge is 2.30. The van der Waals surface area contributed by atoms with E-state index in [4.69, 9.17) is 16.7 Å². The average molecular weight is 232 g/mol. The molecule has 0 fully saturated rings. The molecule has 0 spiro atoms. The maximum atomic E-state index is 10.9. The molecule has 0 radical (unpaired) electrons. The number of rotatable bonds is 1. The minimum Gasteiger partial charge on any atom is -0.480 e. The van der Waals surface area contributed by atoms with Gasteiger partial charge in [-0.3, -0.25) is 9.69 Å². The maximum absolute atomic E-state index is 10.9. The molecule has 5 heteroatoms. The molecule has 0 aliphatic carbocycles. The molecular weight excluding hydrogens is 222 g/mol. The fourth-order valence-corrected chi connectivity index (χ4v) is 3.07. The molecule has 0 saturated heterocycles. The van der Waals surface area contributed by atoms with Gasteiger partial charge in [0.2, 0.25) is 0 Å². The number of likely N-dealkylation sites (N-methyl/N-ethyl adjacent to an activating group) is 1. The second kappa shape index (κ2) is 3.53. The number of hydrogen-bond acceptors (Lipinski definition) is 3. The first kappa shape index (κ1) is 9.96. The molecule has 1 aromatic rings. The van der Waals surface area contributed by atoms with Gasteiger partial charge in [-0.15, -0.1) is 11.3 Å². The van der Waals surface area contributed by atoms with Crippen LogP contribution in [0.15, 0.2) is 6.07 Å². The van der Waals surface area contributed by atoms with Crippen LogP contribution in [-0.4, -0.2) is 29.1 Å². The van der Waals surface area contributed by atoms with Gasteiger partial charge in [-0.1, -0.05) is 11.6 Å². The standard InChI is InChI=1S/C9H10ClNO2S/c1-11-4-5-2-8(10)14-7(5)3-6(11)9(12)13/h2,6H,3-4H2,1H3,(H,12,13). The second-order valence-corrected chi connectivity index (χ2v) is 5.24. The van der Waals surface area contributed by atoms with Crippen LogP contribution in [0.5, 0.6) is 0 Å². The second-order valence-electron chi connectivity index (χ2n) is 3.47. The van der Waals surface area contributed by atoms with Crippen molar-refractivity contribution in [1.29, 1.82) is 0 Å². The summed E-state index contributed by atoms with van der Waals surface area (Å²) in [6, 6.07) is 1.52. The van der Waals surface area contributed by atoms with E-state index in [2.05, 4.69) is 0 Å². The minimum absolute atomic E-state index is 0.405. The smallest absolute Gasteiger partial charge is 0.321 e. The van der Waals surface area contributed by atoms with Crippen LogP contribution >= 0.6 is 22.9 Å². The van der Waals surface area contributed by atoms with Crippen molar-refractivity contribution in [2.45, 2.75) is 19.0 Å². The van der Waals surface area contributed by atoms with Crippen LogP contribution in [0.2, 0.25) is 4.34 Å². The molecule has 1 aromatic heterocycles. The zero-order valence-corrected chi connectivity index (χ0v) is 9.23. The molecule has 0 amide bonds. The molecule has 0 bridgehead atoms. The summed E-state index contributed by atoms with van der Waals surface area (Å²) >= 11 is 7.37. The highest BCUT2D eigenvalue weighted by molar-refractivity contribution is 7.16. The Labute approximate surface area is 90.9 Å². The lowest BCUT2D eigenvalue weighted by Gasteiger charge is -2.28. The Kier molecular flexibility index (Phi) is 2.51. The van der Waals surface area contributed by atoms with E-state index in [1.165, 1.54) is 16.9 Å². The van der Waals surface area contributed by atoms with Gasteiger partial charge < -0.3 is 5.11 Å². The van der Waals surface area contributed by atoms with Gasteiger partial charge in [-0.2, -0.15) is 0 Å². The van der Waals surface area contributed by atoms with Crippen molar-refractivity contribution in [3.05, 3.63) is 20.8 Å². The normalized spacial score (nSPS) is 22.0. The number of nitrogens with zero attached hydrogens (tertiary/aromatic N) is 1. The number of carboxylic acids is 1. The van der Waals surface area contributed by atoms with Crippen LogP contribution in [0.4, 0.5) is 0 Å². The highest BCUT2D eigenvalue weighted by atomic mass is 35.5. The summed E-state index contributed by atoms with van der Waals surface area (Å²) in [5.74, 6) is -0.761. The Morgan fingerprint density at radius 2 is 2.50 bits per heavy atom. The monoisotopic (exact) mass is 231 g/mol. The number of carboxylic acid groups (broad SMARTS) is 1. The maximum Gasteiger partial charge on any atom is 0.321 e. The van der Waals surface area contributed by atoms with E-state index in [0.717, 1.165) is 9.21 Å². The van der Waals surface area contributed by atoms with Gasteiger partial charge in [0, 0.05) is 17.8 Å². The molecule has 0 aromatic carbocycles. The van der Waals surface area contributed by atoms with Crippen LogP contribution < -0.4 is 0 Å². The van der Waals surface area contributed by atoms with Crippen molar-refractivity contribution >= 4 is 28.9 Å². The fraction of sp³-hybridized carbons (Fsp3) is 0.444. The largest absolute Gasteiger partial charge is 0.480 e. The van der Waals surface area contributed by atoms with Crippen LogP contribution in [0.25, 0.3) is 0 Å². The third kappa shape index (κ3) is 1.65. The lowest BCUT2D eigenvalue weighted by molar-refractivity contribution is -0.143. The zero-order valence-electron chi connectivity index (χ0n) is 7.66. The molecule has 1 aliphatic heterocycles. The number of aliphatic carboxylic acids is 1. The van der Waals surface area contributed by atoms with Crippen LogP contribution in [0, 0.1) is 0 Å². The summed E-state index contributed by atoms with van der Waals surface area (Å²) in [5, 5.41) is 8.97. The van der Waals surface area contributed by atoms with Crippen molar-refractivity contribution in [2.24, 2.45) is 0 Å². The van der Waals surface area contributed by atoms with Crippen molar-refractivity contribution in [3.8, 4) is 0 Å². The summed E-state index contributed by atoms with van der Waals surface area (Å²) in [6.45, 7) is 0.676. The molecule has 1 aliphatic rings. The van der Waals surface area contributed by atoms with Crippen molar-refractivity contribution in [1.82, 2.24) is 4.90 Å². The number of carbonyl (C=O) groups is 1. The van der Waals surface area contributed by atoms with Gasteiger partial charge in [0.1, 0.15) is 6.04 Å². The molecule has 3 nitrogen and oxygen atoms in total. The van der Waals surface area contributed by atoms with E-state index in [1.54, 1.807) is 0 Å². The summed E-state index contributed by atoms with van der Waals surface area (Å²) in [4.78, 5) is 13.9. The van der Waals surface area contributed by atoms with Crippen molar-refractivity contribution in [2.75, 3.05) is 7.05 Å². The van der Waals surface area contributed by atoms with E-state index in [9.17, 15) is 4.79 Å². The quantitative estimate of drug-likeness (QED) is 0.802. The van der Waals surface area contributed by atoms with E-state index < -0.39 is 12.0 Å². The van der Waals surface area contributed by atoms with Crippen LogP contribution in [0.1, 0.15) is 10.4 Å². The first-order chi connectivity index (χ1) is 6.58. The number of thiophene rings is 1. The fourth-order valence-electron chi connectivity index (χ4n) is 1.72. The first-order valence-electron chi connectivity index (χ1n) is 4.28. The third-order valence-electron chi connectivity index (χ3n) is 2.48. The lowest BCUT2D eigenvalue weighted by atomic mass is 10.0. The van der Waals surface area contributed by atoms with Crippen molar-refractivity contribution in [3.63, 3.8) is 0 Å². The van der Waals surface area contributed by atoms with Gasteiger partial charge >= 0.3 is 5.97 Å². The zero-order chi connectivity index (χ0) is 10.3. The summed E-state index contributed by atoms with van der Waals surface area (Å²) in [6.07, 6.45) is 0.568. The number of fused-ring (bicyclic) bond motifs is 1. The Morgan fingerprint density at radius 1 is 1.79 bits per heavy atom. The Hall–Kier alpha value is -0.580. The number of hydrogen-bond donors (Lipinski definition) is 1. The van der Waals surface area contributed by atoms with Crippen LogP contribution in [0.3, 0.4) is 0 Å². The van der Waals surface area contributed by atoms with Gasteiger partial charge in [0.25, 0.3) is 0 Å². The predicted octanol–water partition coefficient (Wildman–Crippen LogP) is 1.84. The summed E-state index contributed by atoms with van der Waals surface area (Å²) in [5.41, 5.74) is 1.17. The average Bonchev–Trinajstić information content (AvgIpc) is 2.42. The highest BCUT2D eigenvalue weighted by Crippen LogP contribution is 2.32. The molecule has 1 N–H and O–H groups in total. The first-order valence-corrected chi connectivity index (χ1v) is 5.47. The van der Waals surface area contributed by atoms with Gasteiger partial charge in [-0.05, 0) is 18.7 Å². The van der Waals surface area contributed by atoms with E-state index in [0.29, 0.717) is 13.0 Å². The van der Waals surface area contributed by atoms with Gasteiger partial charge in [0.05, 0.1) is 4.34 Å². The molecule has 1 atom stereocenters. The van der Waals surface area contributed by atoms with Crippen molar-refractivity contribution < 1.29 is 9.90 Å². The lowest BCUT2D eigenvalue weighted by Crippen LogP contribution is -2.42. The molecular formula is C9H10ClNO2S. The van der Waals surface area contributed by atoms with E-state index in [-0.39, 0.29) is 0 Å². The number of halogens is 1. The molecule has 0 saturated carbocycles. The topological polar surface area (TPSA) is 40.5 Å². The van der Waals surface area contributed by atoms with E-state index >= 15 is 0 Å². The van der Waals surface area contributed by atoms with Gasteiger partial charge in [-0.25, -0.2) is 0 Å². The molecule has 2 heterocycles. The van der Waals surface area contributed by atoms with Gasteiger partial charge in [0.15, 0.2) is 0 Å². The SMILES string of the molecule is CN1Cc2cc(Cl)sc2CC1C(=O)O. The summed E-state index contributed by atoms with van der Waals surface area (Å²) < 4.78 is 0.745. The molecule has 76 valence electrons. The molecule has 1 unspecified atom stereocenters.